The first-order valence-corrected chi connectivity index (χ1v) is 7.17. The van der Waals surface area contributed by atoms with E-state index in [0.717, 1.165) is 5.92 Å². The van der Waals surface area contributed by atoms with Crippen LogP contribution in [0.4, 0.5) is 0 Å². The molecule has 0 heterocycles. The van der Waals surface area contributed by atoms with Gasteiger partial charge in [-0.3, -0.25) is 0 Å². The zero-order valence-corrected chi connectivity index (χ0v) is 11.3. The van der Waals surface area contributed by atoms with E-state index in [-0.39, 0.29) is 0 Å². The van der Waals surface area contributed by atoms with E-state index in [2.05, 4.69) is 26.5 Å². The molecule has 0 radical (unpaired) electrons. The minimum absolute atomic E-state index is 0.881. The molecule has 12 heavy (non-hydrogen) atoms. The van der Waals surface area contributed by atoms with Crippen LogP contribution in [-0.4, -0.2) is 10.2 Å². The number of rotatable bonds is 1. The van der Waals surface area contributed by atoms with Crippen LogP contribution in [0.1, 0.15) is 25.7 Å². The molecule has 63 valence electrons. The minimum atomic E-state index is 0.881. The molecule has 0 N–H and O–H groups in total. The van der Waals surface area contributed by atoms with Crippen LogP contribution in [-0.2, 0) is 20.4 Å². The summed E-state index contributed by atoms with van der Waals surface area (Å²) in [7, 11) is 1.36. The van der Waals surface area contributed by atoms with Gasteiger partial charge in [-0.25, -0.2) is 0 Å². The Bertz CT molecular complexity index is 253. The zero-order valence-electron chi connectivity index (χ0n) is 7.69. The molecule has 2 rings (SSSR count). The molecule has 0 bridgehead atoms. The Balaban J connectivity index is 2.26. The van der Waals surface area contributed by atoms with Crippen LogP contribution in [0.15, 0.2) is 21.1 Å². The van der Waals surface area contributed by atoms with E-state index in [1.165, 1.54) is 42.0 Å². The van der Waals surface area contributed by atoms with Gasteiger partial charge in [0.05, 0.1) is 0 Å². The van der Waals surface area contributed by atoms with Crippen molar-refractivity contribution >= 4 is 10.2 Å². The second-order valence-corrected chi connectivity index (χ2v) is 5.54. The molecular weight excluding hydrogens is 196 g/mol. The molecule has 0 aliphatic heterocycles. The predicted molar refractivity (Wildman–Crippen MR) is 51.8 cm³/mol. The zero-order chi connectivity index (χ0) is 8.55. The maximum atomic E-state index is 2.47. The van der Waals surface area contributed by atoms with E-state index in [0.29, 0.717) is 0 Å². The van der Waals surface area contributed by atoms with Crippen molar-refractivity contribution in [1.29, 1.82) is 0 Å². The molecule has 2 heteroatoms. The maximum absolute atomic E-state index is 2.47. The summed E-state index contributed by atoms with van der Waals surface area (Å²) in [6.45, 7) is 0. The first-order valence-electron chi connectivity index (χ1n) is 4.98. The molecule has 0 spiro atoms. The van der Waals surface area contributed by atoms with Crippen LogP contribution in [0.2, 0.25) is 6.04 Å². The summed E-state index contributed by atoms with van der Waals surface area (Å²) in [4.78, 5) is 0. The van der Waals surface area contributed by atoms with Crippen molar-refractivity contribution < 1.29 is 20.4 Å². The predicted octanol–water partition coefficient (Wildman–Crippen LogP) is 1.70. The average molecular weight is 211 g/mol. The summed E-state index contributed by atoms with van der Waals surface area (Å²) >= 11 is 2.32. The Morgan fingerprint density at radius 1 is 1.42 bits per heavy atom. The van der Waals surface area contributed by atoms with Crippen molar-refractivity contribution in [3.05, 3.63) is 21.1 Å². The van der Waals surface area contributed by atoms with Crippen molar-refractivity contribution in [3.63, 3.8) is 0 Å². The van der Waals surface area contributed by atoms with Gasteiger partial charge in [0, 0.05) is 0 Å². The topological polar surface area (TPSA) is 0 Å². The molecule has 1 atom stereocenters. The molecule has 0 aromatic rings. The number of hydrogen-bond acceptors (Lipinski definition) is 0. The molecule has 0 saturated carbocycles. The third-order valence-corrected chi connectivity index (χ3v) is 4.67. The van der Waals surface area contributed by atoms with Gasteiger partial charge in [-0.2, -0.15) is 0 Å². The van der Waals surface area contributed by atoms with E-state index in [4.69, 9.17) is 0 Å². The van der Waals surface area contributed by atoms with Gasteiger partial charge < -0.3 is 0 Å². The van der Waals surface area contributed by atoms with E-state index in [1.807, 2.05) is 5.57 Å². The third-order valence-electron chi connectivity index (χ3n) is 3.09. The Kier molecular flexibility index (Phi) is 2.73. The van der Waals surface area contributed by atoms with Gasteiger partial charge in [0.2, 0.25) is 0 Å². The van der Waals surface area contributed by atoms with Crippen molar-refractivity contribution in [2.75, 3.05) is 0 Å². The number of allylic oxidation sites excluding steroid dienone is 4. The second kappa shape index (κ2) is 3.65. The molecule has 0 aromatic heterocycles. The third kappa shape index (κ3) is 1.43. The molecule has 2 aliphatic carbocycles. The molecular formula is C10H15SiTi. The molecule has 0 amide bonds. The van der Waals surface area contributed by atoms with Crippen LogP contribution in [0.3, 0.4) is 0 Å². The van der Waals surface area contributed by atoms with Gasteiger partial charge in [0.1, 0.15) is 0 Å². The van der Waals surface area contributed by atoms with Crippen LogP contribution in [0.5, 0.6) is 0 Å². The van der Waals surface area contributed by atoms with Crippen molar-refractivity contribution in [1.82, 2.24) is 0 Å². The summed E-state index contributed by atoms with van der Waals surface area (Å²) in [6, 6.07) is 1.45. The SMILES string of the molecule is [SiH3]CC1[C]([Ti])=CC2=C1CCCC2. The Morgan fingerprint density at radius 3 is 2.92 bits per heavy atom. The van der Waals surface area contributed by atoms with Crippen molar-refractivity contribution in [2.24, 2.45) is 5.92 Å². The van der Waals surface area contributed by atoms with Crippen LogP contribution >= 0.6 is 0 Å². The molecule has 0 nitrogen and oxygen atoms in total. The monoisotopic (exact) mass is 211 g/mol. The average Bonchev–Trinajstić information content (AvgIpc) is 2.40. The van der Waals surface area contributed by atoms with Gasteiger partial charge in [0.25, 0.3) is 0 Å². The Labute approximate surface area is 89.3 Å². The fraction of sp³-hybridized carbons (Fsp3) is 0.600. The van der Waals surface area contributed by atoms with Gasteiger partial charge >= 0.3 is 89.4 Å². The van der Waals surface area contributed by atoms with Crippen molar-refractivity contribution in [2.45, 2.75) is 31.7 Å². The first-order chi connectivity index (χ1) is 5.83. The fourth-order valence-electron chi connectivity index (χ4n) is 2.46. The van der Waals surface area contributed by atoms with Gasteiger partial charge in [-0.05, 0) is 0 Å². The summed E-state index contributed by atoms with van der Waals surface area (Å²) in [5, 5.41) is 0. The quantitative estimate of drug-likeness (QED) is 0.579. The Hall–Kier alpha value is 0.411. The summed E-state index contributed by atoms with van der Waals surface area (Å²) in [5.74, 6) is 0.881. The van der Waals surface area contributed by atoms with Crippen LogP contribution in [0, 0.1) is 5.92 Å². The van der Waals surface area contributed by atoms with Crippen molar-refractivity contribution in [3.8, 4) is 0 Å². The summed E-state index contributed by atoms with van der Waals surface area (Å²) < 4.78 is 1.65. The standard InChI is InChI=1S/C10H15Si.Ti/c11-7-9-6-5-8-3-1-2-4-10(8)9;/h5,9H,1-4,7H2,11H3;. The normalized spacial score (nSPS) is 28.9. The molecule has 0 saturated heterocycles. The molecule has 2 aliphatic rings. The second-order valence-electron chi connectivity index (χ2n) is 3.82. The van der Waals surface area contributed by atoms with Crippen LogP contribution < -0.4 is 0 Å². The van der Waals surface area contributed by atoms with Gasteiger partial charge in [0.15, 0.2) is 0 Å². The van der Waals surface area contributed by atoms with E-state index in [9.17, 15) is 0 Å². The Morgan fingerprint density at radius 2 is 2.17 bits per heavy atom. The van der Waals surface area contributed by atoms with E-state index >= 15 is 0 Å². The van der Waals surface area contributed by atoms with E-state index in [1.54, 1.807) is 9.45 Å². The van der Waals surface area contributed by atoms with Crippen LogP contribution in [0.25, 0.3) is 0 Å². The summed E-state index contributed by atoms with van der Waals surface area (Å²) in [6.07, 6.45) is 8.10. The van der Waals surface area contributed by atoms with E-state index < -0.39 is 0 Å². The molecule has 1 unspecified atom stereocenters. The fourth-order valence-corrected chi connectivity index (χ4v) is 4.89. The van der Waals surface area contributed by atoms with Gasteiger partial charge in [-0.15, -0.1) is 0 Å². The molecule has 0 fully saturated rings. The van der Waals surface area contributed by atoms with Gasteiger partial charge in [-0.1, -0.05) is 0 Å². The summed E-state index contributed by atoms with van der Waals surface area (Å²) in [5.41, 5.74) is 3.52. The molecule has 0 aromatic carbocycles. The first kappa shape index (κ1) is 8.99. The number of hydrogen-bond donors (Lipinski definition) is 0.